The lowest BCUT2D eigenvalue weighted by Gasteiger charge is -2.28. The van der Waals surface area contributed by atoms with Crippen LogP contribution in [0.5, 0.6) is 0 Å². The van der Waals surface area contributed by atoms with Crippen LogP contribution in [0.2, 0.25) is 0 Å². The summed E-state index contributed by atoms with van der Waals surface area (Å²) in [5.74, 6) is -0.844. The highest BCUT2D eigenvalue weighted by atomic mass is 35.5. The molecule has 0 aliphatic heterocycles. The predicted molar refractivity (Wildman–Crippen MR) is 183 cm³/mol. The Morgan fingerprint density at radius 1 is 0.439 bits per heavy atom. The van der Waals surface area contributed by atoms with Gasteiger partial charge in [-0.2, -0.15) is 0 Å². The van der Waals surface area contributed by atoms with Crippen LogP contribution in [0.1, 0.15) is 194 Å². The molecule has 0 atom stereocenters. The normalized spacial score (nSPS) is 12.0. The van der Waals surface area contributed by atoms with Gasteiger partial charge in [-0.05, 0) is 39.7 Å². The molecule has 5 heteroatoms. The predicted octanol–water partition coefficient (Wildman–Crippen LogP) is 12.1. The molecule has 0 aromatic rings. The van der Waals surface area contributed by atoms with E-state index in [0.717, 1.165) is 25.8 Å². The molecule has 4 nitrogen and oxygen atoms in total. The summed E-state index contributed by atoms with van der Waals surface area (Å²) in [6, 6.07) is 0. The minimum Gasteiger partial charge on any atom is -0.331 e. The van der Waals surface area contributed by atoms with Gasteiger partial charge < -0.3 is 19.9 Å². The molecule has 0 spiro atoms. The second-order valence-corrected chi connectivity index (χ2v) is 13.8. The Kier molecular flexibility index (Phi) is 34.9. The van der Waals surface area contributed by atoms with Gasteiger partial charge >= 0.3 is 0 Å². The largest absolute Gasteiger partial charge is 0.331 e. The quantitative estimate of drug-likeness (QED) is 0.0485. The highest BCUT2D eigenvalue weighted by Gasteiger charge is 2.28. The molecule has 0 rings (SSSR count). The molecule has 250 valence electrons. The van der Waals surface area contributed by atoms with Crippen LogP contribution in [-0.2, 0) is 14.2 Å². The fourth-order valence-electron chi connectivity index (χ4n) is 5.37. The zero-order valence-electron chi connectivity index (χ0n) is 29.0. The van der Waals surface area contributed by atoms with E-state index in [1.54, 1.807) is 21.3 Å². The molecule has 0 unspecified atom stereocenters. The van der Waals surface area contributed by atoms with Crippen molar-refractivity contribution in [2.75, 3.05) is 27.9 Å². The molecule has 0 radical (unpaired) electrons. The number of nitrogens with two attached hydrogens (primary N) is 1. The van der Waals surface area contributed by atoms with Crippen molar-refractivity contribution < 1.29 is 14.2 Å². The van der Waals surface area contributed by atoms with Gasteiger partial charge in [0.05, 0.1) is 0 Å². The van der Waals surface area contributed by atoms with E-state index in [0.29, 0.717) is 0 Å². The molecular weight excluding hydrogens is 530 g/mol. The summed E-state index contributed by atoms with van der Waals surface area (Å²) < 4.78 is 15.8. The van der Waals surface area contributed by atoms with Crippen molar-refractivity contribution in [3.05, 3.63) is 0 Å². The molecule has 0 aromatic heterocycles. The van der Waals surface area contributed by atoms with E-state index < -0.39 is 5.97 Å². The summed E-state index contributed by atoms with van der Waals surface area (Å²) in [6.45, 7) is 7.38. The summed E-state index contributed by atoms with van der Waals surface area (Å²) in [4.78, 5) is 0.0105. The smallest absolute Gasteiger partial charge is 0.282 e. The fourth-order valence-corrected chi connectivity index (χ4v) is 5.51. The molecule has 0 aliphatic rings. The highest BCUT2D eigenvalue weighted by molar-refractivity contribution is 6.23. The van der Waals surface area contributed by atoms with Gasteiger partial charge in [0.2, 0.25) is 0 Å². The van der Waals surface area contributed by atoms with Crippen molar-refractivity contribution >= 4 is 11.6 Å². The maximum absolute atomic E-state index is 6.19. The van der Waals surface area contributed by atoms with Gasteiger partial charge in [-0.15, -0.1) is 11.6 Å². The maximum atomic E-state index is 6.19. The van der Waals surface area contributed by atoms with Crippen LogP contribution in [0.4, 0.5) is 0 Å². The third-order valence-electron chi connectivity index (χ3n) is 8.24. The van der Waals surface area contributed by atoms with E-state index in [9.17, 15) is 0 Å². The molecule has 0 heterocycles. The van der Waals surface area contributed by atoms with Gasteiger partial charge in [0.15, 0.2) is 0 Å². The molecule has 0 amide bonds. The molecule has 0 aliphatic carbocycles. The van der Waals surface area contributed by atoms with Gasteiger partial charge in [-0.3, -0.25) is 0 Å². The Hall–Kier alpha value is 0.130. The number of ether oxygens (including phenoxy) is 3. The minimum atomic E-state index is -0.844. The lowest BCUT2D eigenvalue weighted by atomic mass is 10.0. The van der Waals surface area contributed by atoms with Gasteiger partial charge in [-0.1, -0.05) is 155 Å². The van der Waals surface area contributed by atoms with E-state index in [2.05, 4.69) is 20.8 Å². The number of alkyl halides is 1. The van der Waals surface area contributed by atoms with Crippen molar-refractivity contribution in [2.45, 2.75) is 205 Å². The van der Waals surface area contributed by atoms with Crippen LogP contribution >= 0.6 is 11.6 Å². The molecule has 41 heavy (non-hydrogen) atoms. The third-order valence-corrected chi connectivity index (χ3v) is 8.43. The Bertz CT molecular complexity index is 472. The molecular formula is C36H76ClNO3. The molecule has 0 fully saturated rings. The average Bonchev–Trinajstić information content (AvgIpc) is 2.96. The lowest BCUT2D eigenvalue weighted by molar-refractivity contribution is -0.355. The summed E-state index contributed by atoms with van der Waals surface area (Å²) in [6.07, 6.45) is 36.2. The Balaban J connectivity index is 0. The maximum Gasteiger partial charge on any atom is 0.282 e. The molecule has 2 N–H and O–H groups in total. The first-order chi connectivity index (χ1) is 19.8. The van der Waals surface area contributed by atoms with E-state index in [1.165, 1.54) is 154 Å². The number of hydrogen-bond acceptors (Lipinski definition) is 4. The van der Waals surface area contributed by atoms with Gasteiger partial charge in [0, 0.05) is 32.6 Å². The second kappa shape index (κ2) is 33.0. The zero-order chi connectivity index (χ0) is 30.9. The Morgan fingerprint density at radius 3 is 0.976 bits per heavy atom. The van der Waals surface area contributed by atoms with Crippen molar-refractivity contribution in [2.24, 2.45) is 5.73 Å². The Morgan fingerprint density at radius 2 is 0.707 bits per heavy atom. The van der Waals surface area contributed by atoms with Crippen LogP contribution in [0.15, 0.2) is 0 Å². The van der Waals surface area contributed by atoms with E-state index in [4.69, 9.17) is 31.5 Å². The summed E-state index contributed by atoms with van der Waals surface area (Å²) in [7, 11) is 4.87. The van der Waals surface area contributed by atoms with Crippen molar-refractivity contribution in [3.63, 3.8) is 0 Å². The van der Waals surface area contributed by atoms with Gasteiger partial charge in [-0.25, -0.2) is 0 Å². The number of halogens is 1. The minimum absolute atomic E-state index is 0.0105. The topological polar surface area (TPSA) is 53.7 Å². The van der Waals surface area contributed by atoms with Crippen molar-refractivity contribution in [3.8, 4) is 0 Å². The summed E-state index contributed by atoms with van der Waals surface area (Å²) in [5, 5.41) is 0. The van der Waals surface area contributed by atoms with Crippen LogP contribution in [0, 0.1) is 0 Å². The lowest BCUT2D eigenvalue weighted by Crippen LogP contribution is -2.35. The van der Waals surface area contributed by atoms with Gasteiger partial charge in [0.1, 0.15) is 0 Å². The van der Waals surface area contributed by atoms with E-state index >= 15 is 0 Å². The molecule has 0 saturated heterocycles. The standard InChI is InChI=1S/C20H41Cl.C16H35NO3/c1-4-5-6-7-8-9-10-11-12-13-14-15-16-17-18-19-20(2,3)21;1-18-16(19-2,20-3)14-12-10-8-6-4-5-7-9-11-13-15-17/h4-19H2,1-3H3;4-15,17H2,1-3H3. The van der Waals surface area contributed by atoms with Crippen molar-refractivity contribution in [1.29, 1.82) is 0 Å². The van der Waals surface area contributed by atoms with E-state index in [-0.39, 0.29) is 4.87 Å². The van der Waals surface area contributed by atoms with E-state index in [1.807, 2.05) is 0 Å². The summed E-state index contributed by atoms with van der Waals surface area (Å²) in [5.41, 5.74) is 5.47. The second-order valence-electron chi connectivity index (χ2n) is 12.8. The van der Waals surface area contributed by atoms with Crippen LogP contribution in [0.3, 0.4) is 0 Å². The number of unbranched alkanes of at least 4 members (excludes halogenated alkanes) is 23. The first-order valence-corrected chi connectivity index (χ1v) is 18.2. The number of methoxy groups -OCH3 is 3. The zero-order valence-corrected chi connectivity index (χ0v) is 29.7. The SMILES string of the molecule is CCCCCCCCCCCCCCCCCC(C)(C)Cl.COC(CCCCCCCCCCCCN)(OC)OC. The molecule has 0 aromatic carbocycles. The fraction of sp³-hybridized carbons (Fsp3) is 1.00. The number of rotatable bonds is 31. The van der Waals surface area contributed by atoms with Crippen LogP contribution in [-0.4, -0.2) is 38.7 Å². The van der Waals surface area contributed by atoms with Gasteiger partial charge in [0.25, 0.3) is 5.97 Å². The summed E-state index contributed by atoms with van der Waals surface area (Å²) >= 11 is 6.19. The molecule has 0 bridgehead atoms. The first-order valence-electron chi connectivity index (χ1n) is 17.8. The van der Waals surface area contributed by atoms with Crippen molar-refractivity contribution in [1.82, 2.24) is 0 Å². The molecule has 0 saturated carbocycles. The third kappa shape index (κ3) is 34.5. The Labute approximate surface area is 264 Å². The highest BCUT2D eigenvalue weighted by Crippen LogP contribution is 2.23. The number of hydrogen-bond donors (Lipinski definition) is 1. The first kappa shape index (κ1) is 43.3. The van der Waals surface area contributed by atoms with Crippen LogP contribution < -0.4 is 5.73 Å². The average molecular weight is 606 g/mol. The monoisotopic (exact) mass is 606 g/mol. The van der Waals surface area contributed by atoms with Crippen LogP contribution in [0.25, 0.3) is 0 Å².